The molecule has 1 saturated carbocycles. The second-order valence-corrected chi connectivity index (χ2v) is 5.70. The molecule has 1 amide bonds. The zero-order valence-electron chi connectivity index (χ0n) is 12.1. The van der Waals surface area contributed by atoms with Gasteiger partial charge in [0.25, 0.3) is 0 Å². The zero-order chi connectivity index (χ0) is 14.9. The van der Waals surface area contributed by atoms with E-state index >= 15 is 0 Å². The number of anilines is 1. The normalized spacial score (nSPS) is 14.2. The summed E-state index contributed by atoms with van der Waals surface area (Å²) in [5, 5.41) is 2.90. The minimum Gasteiger partial charge on any atom is -0.325 e. The molecule has 2 heterocycles. The quantitative estimate of drug-likeness (QED) is 0.803. The highest BCUT2D eigenvalue weighted by Crippen LogP contribution is 2.32. The number of hydrogen-bond acceptors (Lipinski definition) is 3. The van der Waals surface area contributed by atoms with Gasteiger partial charge in [-0.2, -0.15) is 0 Å². The Hall–Kier alpha value is -2.69. The average molecular weight is 292 g/mol. The number of carbonyl (C=O) groups is 1. The number of rotatable bonds is 4. The van der Waals surface area contributed by atoms with Crippen LogP contribution in [0.3, 0.4) is 0 Å². The van der Waals surface area contributed by atoms with Crippen molar-refractivity contribution in [3.8, 4) is 5.82 Å². The van der Waals surface area contributed by atoms with Gasteiger partial charge in [0.15, 0.2) is 0 Å². The fourth-order valence-corrected chi connectivity index (χ4v) is 2.54. The van der Waals surface area contributed by atoms with Crippen molar-refractivity contribution in [3.63, 3.8) is 0 Å². The van der Waals surface area contributed by atoms with Crippen LogP contribution >= 0.6 is 0 Å². The number of fused-ring (bicyclic) bond motifs is 1. The molecule has 3 aromatic rings. The first-order valence-corrected chi connectivity index (χ1v) is 7.48. The summed E-state index contributed by atoms with van der Waals surface area (Å²) >= 11 is 0. The van der Waals surface area contributed by atoms with Crippen LogP contribution in [0.5, 0.6) is 0 Å². The largest absolute Gasteiger partial charge is 0.325 e. The van der Waals surface area contributed by atoms with E-state index in [2.05, 4.69) is 15.3 Å². The lowest BCUT2D eigenvalue weighted by atomic mass is 10.2. The Morgan fingerprint density at radius 1 is 1.18 bits per heavy atom. The van der Waals surface area contributed by atoms with Gasteiger partial charge in [-0.1, -0.05) is 12.1 Å². The van der Waals surface area contributed by atoms with Gasteiger partial charge >= 0.3 is 0 Å². The number of benzene rings is 1. The Labute approximate surface area is 128 Å². The molecule has 1 N–H and O–H groups in total. The fourth-order valence-electron chi connectivity index (χ4n) is 2.54. The minimum atomic E-state index is 0.0742. The number of imidazole rings is 1. The first-order valence-electron chi connectivity index (χ1n) is 7.48. The second kappa shape index (κ2) is 5.26. The Balaban J connectivity index is 1.54. The lowest BCUT2D eigenvalue weighted by molar-refractivity contribution is -0.116. The van der Waals surface area contributed by atoms with E-state index in [1.165, 1.54) is 12.8 Å². The van der Waals surface area contributed by atoms with E-state index < -0.39 is 0 Å². The highest BCUT2D eigenvalue weighted by Gasteiger charge is 2.24. The molecule has 1 aliphatic carbocycles. The number of para-hydroxylation sites is 2. The summed E-state index contributed by atoms with van der Waals surface area (Å²) in [7, 11) is 0. The number of aromatic nitrogens is 3. The minimum absolute atomic E-state index is 0.0742. The summed E-state index contributed by atoms with van der Waals surface area (Å²) in [6.45, 7) is 0. The van der Waals surface area contributed by atoms with Crippen molar-refractivity contribution in [2.24, 2.45) is 5.92 Å². The van der Waals surface area contributed by atoms with E-state index in [0.29, 0.717) is 12.3 Å². The van der Waals surface area contributed by atoms with Crippen molar-refractivity contribution < 1.29 is 4.79 Å². The van der Waals surface area contributed by atoms with Crippen LogP contribution in [0.15, 0.2) is 48.9 Å². The molecule has 5 heteroatoms. The molecule has 0 spiro atoms. The lowest BCUT2D eigenvalue weighted by Crippen LogP contribution is -2.12. The van der Waals surface area contributed by atoms with E-state index in [0.717, 1.165) is 22.5 Å². The van der Waals surface area contributed by atoms with Crippen molar-refractivity contribution in [2.45, 2.75) is 19.3 Å². The van der Waals surface area contributed by atoms with Crippen molar-refractivity contribution in [1.82, 2.24) is 14.5 Å². The monoisotopic (exact) mass is 292 g/mol. The van der Waals surface area contributed by atoms with Gasteiger partial charge in [-0.3, -0.25) is 9.36 Å². The van der Waals surface area contributed by atoms with Gasteiger partial charge in [-0.15, -0.1) is 0 Å². The molecule has 0 saturated heterocycles. The zero-order valence-corrected chi connectivity index (χ0v) is 12.1. The predicted octanol–water partition coefficient (Wildman–Crippen LogP) is 3.16. The van der Waals surface area contributed by atoms with Gasteiger partial charge in [0.2, 0.25) is 5.91 Å². The van der Waals surface area contributed by atoms with Gasteiger partial charge in [0, 0.05) is 6.42 Å². The number of pyridine rings is 1. The maximum atomic E-state index is 11.8. The molecular formula is C17H16N4O. The third-order valence-corrected chi connectivity index (χ3v) is 3.90. The Bertz CT molecular complexity index is 818. The summed E-state index contributed by atoms with van der Waals surface area (Å²) in [5.41, 5.74) is 2.69. The molecule has 22 heavy (non-hydrogen) atoms. The lowest BCUT2D eigenvalue weighted by Gasteiger charge is -2.06. The molecule has 0 atom stereocenters. The second-order valence-electron chi connectivity index (χ2n) is 5.70. The van der Waals surface area contributed by atoms with Crippen LogP contribution in [-0.2, 0) is 4.79 Å². The molecule has 4 rings (SSSR count). The SMILES string of the molecule is O=C(CC1CC1)Nc1ccc(-n2cnc3ccccc32)nc1. The topological polar surface area (TPSA) is 59.8 Å². The van der Waals surface area contributed by atoms with Gasteiger partial charge in [0.05, 0.1) is 22.9 Å². The number of nitrogens with one attached hydrogen (secondary N) is 1. The molecule has 1 aromatic carbocycles. The molecule has 5 nitrogen and oxygen atoms in total. The molecule has 1 fully saturated rings. The molecule has 2 aromatic heterocycles. The third kappa shape index (κ3) is 2.57. The van der Waals surface area contributed by atoms with Crippen LogP contribution in [0, 0.1) is 5.92 Å². The molecule has 1 aliphatic rings. The highest BCUT2D eigenvalue weighted by molar-refractivity contribution is 5.90. The summed E-state index contributed by atoms with van der Waals surface area (Å²) in [4.78, 5) is 20.6. The number of carbonyl (C=O) groups excluding carboxylic acids is 1. The highest BCUT2D eigenvalue weighted by atomic mass is 16.1. The molecule has 0 unspecified atom stereocenters. The maximum absolute atomic E-state index is 11.8. The molecule has 110 valence electrons. The summed E-state index contributed by atoms with van der Waals surface area (Å²) in [6, 6.07) is 11.7. The molecule has 0 bridgehead atoms. The Morgan fingerprint density at radius 2 is 2.05 bits per heavy atom. The van der Waals surface area contributed by atoms with Gasteiger partial charge < -0.3 is 5.32 Å². The Kier molecular flexibility index (Phi) is 3.11. The van der Waals surface area contributed by atoms with Crippen molar-refractivity contribution >= 4 is 22.6 Å². The predicted molar refractivity (Wildman–Crippen MR) is 84.8 cm³/mol. The van der Waals surface area contributed by atoms with Crippen molar-refractivity contribution in [1.29, 1.82) is 0 Å². The van der Waals surface area contributed by atoms with Gasteiger partial charge in [-0.05, 0) is 43.0 Å². The first kappa shape index (κ1) is 13.0. The van der Waals surface area contributed by atoms with Crippen LogP contribution in [0.25, 0.3) is 16.9 Å². The molecular weight excluding hydrogens is 276 g/mol. The maximum Gasteiger partial charge on any atom is 0.224 e. The third-order valence-electron chi connectivity index (χ3n) is 3.90. The van der Waals surface area contributed by atoms with Crippen molar-refractivity contribution in [2.75, 3.05) is 5.32 Å². The van der Waals surface area contributed by atoms with Gasteiger partial charge in [0.1, 0.15) is 12.1 Å². The van der Waals surface area contributed by atoms with Crippen LogP contribution in [0.2, 0.25) is 0 Å². The first-order chi connectivity index (χ1) is 10.8. The standard InChI is InChI=1S/C17H16N4O/c22-17(9-12-5-6-12)20-13-7-8-16(18-10-13)21-11-19-14-3-1-2-4-15(14)21/h1-4,7-8,10-12H,5-6,9H2,(H,20,22). The number of amides is 1. The van der Waals surface area contributed by atoms with Gasteiger partial charge in [-0.25, -0.2) is 9.97 Å². The molecule has 0 aliphatic heterocycles. The molecule has 0 radical (unpaired) electrons. The average Bonchev–Trinajstić information content (AvgIpc) is 3.24. The smallest absolute Gasteiger partial charge is 0.224 e. The van der Waals surface area contributed by atoms with E-state index in [-0.39, 0.29) is 5.91 Å². The van der Waals surface area contributed by atoms with Crippen LogP contribution < -0.4 is 5.32 Å². The van der Waals surface area contributed by atoms with Crippen LogP contribution in [0.4, 0.5) is 5.69 Å². The van der Waals surface area contributed by atoms with E-state index in [4.69, 9.17) is 0 Å². The summed E-state index contributed by atoms with van der Waals surface area (Å²) in [6.07, 6.45) is 6.43. The summed E-state index contributed by atoms with van der Waals surface area (Å²) < 4.78 is 1.94. The fraction of sp³-hybridized carbons (Fsp3) is 0.235. The van der Waals surface area contributed by atoms with Crippen LogP contribution in [-0.4, -0.2) is 20.4 Å². The van der Waals surface area contributed by atoms with E-state index in [9.17, 15) is 4.79 Å². The Morgan fingerprint density at radius 3 is 2.82 bits per heavy atom. The van der Waals surface area contributed by atoms with E-state index in [1.54, 1.807) is 12.5 Å². The number of nitrogens with zero attached hydrogens (tertiary/aromatic N) is 3. The van der Waals surface area contributed by atoms with E-state index in [1.807, 2.05) is 41.0 Å². The van der Waals surface area contributed by atoms with Crippen molar-refractivity contribution in [3.05, 3.63) is 48.9 Å². The summed E-state index contributed by atoms with van der Waals surface area (Å²) in [5.74, 6) is 1.45. The number of hydrogen-bond donors (Lipinski definition) is 1. The van der Waals surface area contributed by atoms with Crippen LogP contribution in [0.1, 0.15) is 19.3 Å².